The molecular formula is C11H21N3S. The number of aromatic nitrogens is 2. The van der Waals surface area contributed by atoms with Crippen LogP contribution >= 0.6 is 11.8 Å². The van der Waals surface area contributed by atoms with Gasteiger partial charge in [0.25, 0.3) is 0 Å². The number of imidazole rings is 1. The number of nitrogens with zero attached hydrogens (tertiary/aromatic N) is 2. The fraction of sp³-hybridized carbons (Fsp3) is 0.727. The molecule has 3 nitrogen and oxygen atoms in total. The van der Waals surface area contributed by atoms with Crippen molar-refractivity contribution >= 4 is 11.8 Å². The van der Waals surface area contributed by atoms with Gasteiger partial charge in [0, 0.05) is 31.2 Å². The summed E-state index contributed by atoms with van der Waals surface area (Å²) in [5.41, 5.74) is 0. The summed E-state index contributed by atoms with van der Waals surface area (Å²) in [6.45, 7) is 4.39. The maximum atomic E-state index is 4.36. The van der Waals surface area contributed by atoms with Gasteiger partial charge in [-0.1, -0.05) is 6.92 Å². The van der Waals surface area contributed by atoms with Crippen molar-refractivity contribution < 1.29 is 0 Å². The summed E-state index contributed by atoms with van der Waals surface area (Å²) in [5, 5.41) is 3.61. The molecule has 0 aliphatic rings. The molecule has 0 saturated heterocycles. The second-order valence-electron chi connectivity index (χ2n) is 3.85. The van der Waals surface area contributed by atoms with E-state index in [2.05, 4.69) is 35.0 Å². The normalized spacial score (nSPS) is 15.2. The first kappa shape index (κ1) is 12.6. The Labute approximate surface area is 96.7 Å². The summed E-state index contributed by atoms with van der Waals surface area (Å²) in [4.78, 5) is 4.36. The van der Waals surface area contributed by atoms with Crippen LogP contribution < -0.4 is 5.32 Å². The van der Waals surface area contributed by atoms with Gasteiger partial charge in [0.15, 0.2) is 0 Å². The van der Waals surface area contributed by atoms with Gasteiger partial charge in [-0.05, 0) is 19.6 Å². The maximum Gasteiger partial charge on any atom is 0.125 e. The molecule has 0 bridgehead atoms. The van der Waals surface area contributed by atoms with Crippen LogP contribution in [0.15, 0.2) is 12.4 Å². The molecule has 2 atom stereocenters. The SMILES string of the molecule is CCC(CSC)NC(C)c1nccn1C. The number of hydrogen-bond acceptors (Lipinski definition) is 3. The van der Waals surface area contributed by atoms with E-state index in [1.165, 1.54) is 0 Å². The zero-order valence-corrected chi connectivity index (χ0v) is 10.8. The van der Waals surface area contributed by atoms with Crippen LogP contribution in [0, 0.1) is 0 Å². The molecular weight excluding hydrogens is 206 g/mol. The summed E-state index contributed by atoms with van der Waals surface area (Å²) in [7, 11) is 2.04. The van der Waals surface area contributed by atoms with E-state index in [4.69, 9.17) is 0 Å². The molecule has 1 N–H and O–H groups in total. The van der Waals surface area contributed by atoms with Crippen LogP contribution in [0.2, 0.25) is 0 Å². The lowest BCUT2D eigenvalue weighted by atomic mass is 10.2. The largest absolute Gasteiger partial charge is 0.337 e. The second kappa shape index (κ2) is 6.18. The Morgan fingerprint density at radius 1 is 1.60 bits per heavy atom. The first-order valence-corrected chi connectivity index (χ1v) is 6.80. The lowest BCUT2D eigenvalue weighted by molar-refractivity contribution is 0.452. The molecule has 0 amide bonds. The van der Waals surface area contributed by atoms with Gasteiger partial charge in [-0.25, -0.2) is 4.98 Å². The lowest BCUT2D eigenvalue weighted by Crippen LogP contribution is -2.34. The predicted molar refractivity (Wildman–Crippen MR) is 67.2 cm³/mol. The van der Waals surface area contributed by atoms with Gasteiger partial charge in [-0.15, -0.1) is 0 Å². The minimum atomic E-state index is 0.321. The molecule has 86 valence electrons. The molecule has 0 aromatic carbocycles. The van der Waals surface area contributed by atoms with E-state index < -0.39 is 0 Å². The van der Waals surface area contributed by atoms with Crippen molar-refractivity contribution in [3.63, 3.8) is 0 Å². The van der Waals surface area contributed by atoms with Crippen molar-refractivity contribution in [2.45, 2.75) is 32.4 Å². The number of thioether (sulfide) groups is 1. The lowest BCUT2D eigenvalue weighted by Gasteiger charge is -2.21. The minimum absolute atomic E-state index is 0.321. The van der Waals surface area contributed by atoms with Gasteiger partial charge in [0.1, 0.15) is 5.82 Å². The van der Waals surface area contributed by atoms with Crippen molar-refractivity contribution in [2.24, 2.45) is 7.05 Å². The Morgan fingerprint density at radius 3 is 2.80 bits per heavy atom. The zero-order valence-electron chi connectivity index (χ0n) is 10.0. The molecule has 2 unspecified atom stereocenters. The van der Waals surface area contributed by atoms with Crippen molar-refractivity contribution in [3.8, 4) is 0 Å². The molecule has 1 aromatic heterocycles. The molecule has 0 saturated carbocycles. The van der Waals surface area contributed by atoms with Crippen LogP contribution in [0.25, 0.3) is 0 Å². The van der Waals surface area contributed by atoms with E-state index in [9.17, 15) is 0 Å². The molecule has 0 aliphatic carbocycles. The van der Waals surface area contributed by atoms with Crippen LogP contribution in [0.4, 0.5) is 0 Å². The molecule has 1 aromatic rings. The van der Waals surface area contributed by atoms with E-state index in [-0.39, 0.29) is 0 Å². The van der Waals surface area contributed by atoms with E-state index >= 15 is 0 Å². The van der Waals surface area contributed by atoms with Crippen LogP contribution in [0.1, 0.15) is 32.1 Å². The van der Waals surface area contributed by atoms with Crippen LogP contribution in [-0.4, -0.2) is 27.6 Å². The number of aryl methyl sites for hydroxylation is 1. The minimum Gasteiger partial charge on any atom is -0.337 e. The van der Waals surface area contributed by atoms with Crippen LogP contribution in [0.3, 0.4) is 0 Å². The van der Waals surface area contributed by atoms with Gasteiger partial charge < -0.3 is 9.88 Å². The third kappa shape index (κ3) is 3.54. The van der Waals surface area contributed by atoms with Crippen molar-refractivity contribution in [1.82, 2.24) is 14.9 Å². The summed E-state index contributed by atoms with van der Waals surface area (Å²) in [6.07, 6.45) is 7.15. The van der Waals surface area contributed by atoms with Crippen LogP contribution in [0.5, 0.6) is 0 Å². The number of rotatable bonds is 6. The topological polar surface area (TPSA) is 29.9 Å². The summed E-state index contributed by atoms with van der Waals surface area (Å²) in [5.74, 6) is 2.26. The third-order valence-corrected chi connectivity index (χ3v) is 3.33. The van der Waals surface area contributed by atoms with Gasteiger partial charge in [0.05, 0.1) is 6.04 Å². The monoisotopic (exact) mass is 227 g/mol. The summed E-state index contributed by atoms with van der Waals surface area (Å²) >= 11 is 1.89. The standard InChI is InChI=1S/C11H21N3S/c1-5-10(8-15-4)13-9(2)11-12-6-7-14(11)3/h6-7,9-10,13H,5,8H2,1-4H3. The Hall–Kier alpha value is -0.480. The number of hydrogen-bond donors (Lipinski definition) is 1. The van der Waals surface area contributed by atoms with Gasteiger partial charge in [-0.2, -0.15) is 11.8 Å². The maximum absolute atomic E-state index is 4.36. The van der Waals surface area contributed by atoms with Crippen molar-refractivity contribution in [2.75, 3.05) is 12.0 Å². The van der Waals surface area contributed by atoms with Crippen molar-refractivity contribution in [3.05, 3.63) is 18.2 Å². The zero-order chi connectivity index (χ0) is 11.3. The van der Waals surface area contributed by atoms with E-state index in [1.54, 1.807) is 0 Å². The fourth-order valence-electron chi connectivity index (χ4n) is 1.71. The molecule has 1 heterocycles. The Balaban J connectivity index is 2.54. The van der Waals surface area contributed by atoms with E-state index in [0.717, 1.165) is 18.0 Å². The molecule has 0 radical (unpaired) electrons. The average Bonchev–Trinajstić information content (AvgIpc) is 2.63. The van der Waals surface area contributed by atoms with Crippen molar-refractivity contribution in [1.29, 1.82) is 0 Å². The molecule has 0 aliphatic heterocycles. The highest BCUT2D eigenvalue weighted by Gasteiger charge is 2.14. The second-order valence-corrected chi connectivity index (χ2v) is 4.76. The Kier molecular flexibility index (Phi) is 5.19. The Bertz CT molecular complexity index is 285. The van der Waals surface area contributed by atoms with Gasteiger partial charge in [-0.3, -0.25) is 0 Å². The first-order chi connectivity index (χ1) is 7.19. The molecule has 4 heteroatoms. The third-order valence-electron chi connectivity index (χ3n) is 2.59. The van der Waals surface area contributed by atoms with Gasteiger partial charge in [0.2, 0.25) is 0 Å². The highest BCUT2D eigenvalue weighted by atomic mass is 32.2. The highest BCUT2D eigenvalue weighted by molar-refractivity contribution is 7.98. The van der Waals surface area contributed by atoms with E-state index in [1.807, 2.05) is 31.2 Å². The fourth-order valence-corrected chi connectivity index (χ4v) is 2.44. The van der Waals surface area contributed by atoms with Gasteiger partial charge >= 0.3 is 0 Å². The van der Waals surface area contributed by atoms with E-state index in [0.29, 0.717) is 12.1 Å². The number of nitrogens with one attached hydrogen (secondary N) is 1. The smallest absolute Gasteiger partial charge is 0.125 e. The summed E-state index contributed by atoms with van der Waals surface area (Å²) in [6, 6.07) is 0.897. The highest BCUT2D eigenvalue weighted by Crippen LogP contribution is 2.12. The van der Waals surface area contributed by atoms with Crippen LogP contribution in [-0.2, 0) is 7.05 Å². The molecule has 15 heavy (non-hydrogen) atoms. The first-order valence-electron chi connectivity index (χ1n) is 5.41. The predicted octanol–water partition coefficient (Wildman–Crippen LogP) is 2.21. The molecule has 0 fully saturated rings. The quantitative estimate of drug-likeness (QED) is 0.808. The molecule has 1 rings (SSSR count). The average molecular weight is 227 g/mol. The Morgan fingerprint density at radius 2 is 2.33 bits per heavy atom. The summed E-state index contributed by atoms with van der Waals surface area (Å²) < 4.78 is 2.07. The molecule has 0 spiro atoms.